The maximum absolute atomic E-state index is 6.30. The smallest absolute Gasteiger partial charge is 0.119 e. The molecule has 10 rings (SSSR count). The molecule has 0 radical (unpaired) electrons. The maximum Gasteiger partial charge on any atom is 0.119 e. The maximum atomic E-state index is 6.30. The van der Waals surface area contributed by atoms with Crippen LogP contribution in [0.3, 0.4) is 0 Å². The highest BCUT2D eigenvalue weighted by Gasteiger charge is 2.39. The SMILES string of the molecule is CCCCCCCCC1C=CC=C1C1N=c2c(c3c(c4c2=NC(c2cccn2CCCCCCCC)C(c2cccn2CCCCCCCC)N=4)=NC(c2cccn2CCCCCCCC)C(c2cccn2CCCCCCCC)N=3)=NC1c1cccn1CCCCCCCC. The summed E-state index contributed by atoms with van der Waals surface area (Å²) in [6.07, 6.45) is 65.2. The fraction of sp³-hybridized carbons (Fsp3) is 0.647. The summed E-state index contributed by atoms with van der Waals surface area (Å²) >= 11 is 0. The lowest BCUT2D eigenvalue weighted by Crippen LogP contribution is -2.69. The molecule has 0 saturated heterocycles. The van der Waals surface area contributed by atoms with E-state index in [9.17, 15) is 0 Å². The Morgan fingerprint density at radius 3 is 0.740 bits per heavy atom. The van der Waals surface area contributed by atoms with E-state index in [0.717, 1.165) is 103 Å². The zero-order chi connectivity index (χ0) is 66.5. The number of aromatic nitrogens is 5. The van der Waals surface area contributed by atoms with E-state index in [-0.39, 0.29) is 36.3 Å². The molecule has 0 fully saturated rings. The minimum Gasteiger partial charge on any atom is -0.349 e. The van der Waals surface area contributed by atoms with E-state index < -0.39 is 0 Å². The summed E-state index contributed by atoms with van der Waals surface area (Å²) in [6, 6.07) is 21.4. The van der Waals surface area contributed by atoms with Crippen molar-refractivity contribution in [2.45, 2.75) is 348 Å². The number of allylic oxidation sites excluding steroid dienone is 3. The second-order valence-electron chi connectivity index (χ2n) is 29.2. The van der Waals surface area contributed by atoms with Gasteiger partial charge >= 0.3 is 0 Å². The van der Waals surface area contributed by atoms with Gasteiger partial charge in [0.15, 0.2) is 0 Å². The molecule has 0 N–H and O–H groups in total. The quantitative estimate of drug-likeness (QED) is 0.0340. The summed E-state index contributed by atoms with van der Waals surface area (Å²) in [6.45, 7) is 18.7. The Morgan fingerprint density at radius 1 is 0.260 bits per heavy atom. The van der Waals surface area contributed by atoms with Gasteiger partial charge in [-0.15, -0.1) is 0 Å². The molecule has 6 aromatic rings. The fourth-order valence-corrected chi connectivity index (χ4v) is 16.1. The van der Waals surface area contributed by atoms with Gasteiger partial charge in [-0.3, -0.25) is 30.0 Å². The van der Waals surface area contributed by atoms with Gasteiger partial charge in [0, 0.05) is 98.1 Å². The van der Waals surface area contributed by atoms with Crippen LogP contribution in [0.15, 0.2) is 145 Å². The number of aryl methyl sites for hydroxylation is 5. The minimum atomic E-state index is -0.304. The zero-order valence-electron chi connectivity index (χ0n) is 61.1. The minimum absolute atomic E-state index is 0.237. The van der Waals surface area contributed by atoms with Crippen LogP contribution < -0.4 is 32.1 Å². The van der Waals surface area contributed by atoms with Crippen molar-refractivity contribution in [1.29, 1.82) is 0 Å². The molecule has 5 aromatic heterocycles. The molecule has 0 amide bonds. The van der Waals surface area contributed by atoms with Crippen LogP contribution in [0.5, 0.6) is 0 Å². The normalized spacial score (nSPS) is 19.4. The van der Waals surface area contributed by atoms with Crippen LogP contribution in [0.25, 0.3) is 0 Å². The molecule has 3 aliphatic heterocycles. The van der Waals surface area contributed by atoms with Crippen LogP contribution in [0.2, 0.25) is 0 Å². The highest BCUT2D eigenvalue weighted by Crippen LogP contribution is 2.41. The Morgan fingerprint density at radius 2 is 0.479 bits per heavy atom. The third-order valence-electron chi connectivity index (χ3n) is 21.7. The first-order valence-corrected chi connectivity index (χ1v) is 40.1. The van der Waals surface area contributed by atoms with E-state index in [1.807, 2.05) is 0 Å². The largest absolute Gasteiger partial charge is 0.349 e. The van der Waals surface area contributed by atoms with E-state index in [4.69, 9.17) is 30.0 Å². The first kappa shape index (κ1) is 72.6. The van der Waals surface area contributed by atoms with Crippen molar-refractivity contribution in [3.63, 3.8) is 0 Å². The topological polar surface area (TPSA) is 98.8 Å². The second-order valence-corrected chi connectivity index (χ2v) is 29.2. The van der Waals surface area contributed by atoms with Crippen molar-refractivity contribution in [2.24, 2.45) is 35.9 Å². The number of nitrogens with zero attached hydrogens (tertiary/aromatic N) is 11. The molecule has 522 valence electrons. The molecule has 0 spiro atoms. The molecular formula is C85H127N11. The van der Waals surface area contributed by atoms with Gasteiger partial charge in [-0.25, -0.2) is 0 Å². The predicted octanol–water partition coefficient (Wildman–Crippen LogP) is 20.2. The Labute approximate surface area is 579 Å². The second kappa shape index (κ2) is 39.5. The van der Waals surface area contributed by atoms with E-state index >= 15 is 0 Å². The molecular weight excluding hydrogens is 1180 g/mol. The fourth-order valence-electron chi connectivity index (χ4n) is 16.1. The number of hydrogen-bond donors (Lipinski definition) is 0. The van der Waals surface area contributed by atoms with Crippen LogP contribution in [0, 0.1) is 5.92 Å². The summed E-state index contributed by atoms with van der Waals surface area (Å²) in [4.78, 5) is 37.7. The molecule has 96 heavy (non-hydrogen) atoms. The lowest BCUT2D eigenvalue weighted by atomic mass is 9.86. The summed E-state index contributed by atoms with van der Waals surface area (Å²) < 4.78 is 12.6. The molecule has 11 nitrogen and oxygen atoms in total. The molecule has 1 aliphatic carbocycles. The van der Waals surface area contributed by atoms with E-state index in [1.165, 1.54) is 233 Å². The van der Waals surface area contributed by atoms with Gasteiger partial charge in [0.2, 0.25) is 0 Å². The molecule has 0 saturated carbocycles. The summed E-state index contributed by atoms with van der Waals surface area (Å²) in [7, 11) is 0. The Kier molecular flexibility index (Phi) is 29.9. The van der Waals surface area contributed by atoms with Crippen molar-refractivity contribution in [3.8, 4) is 0 Å². The highest BCUT2D eigenvalue weighted by atomic mass is 15.1. The van der Waals surface area contributed by atoms with Gasteiger partial charge in [-0.05, 0) is 105 Å². The van der Waals surface area contributed by atoms with Gasteiger partial charge in [0.1, 0.15) is 68.4 Å². The van der Waals surface area contributed by atoms with Gasteiger partial charge in [0.25, 0.3) is 0 Å². The summed E-state index contributed by atoms with van der Waals surface area (Å²) in [5.74, 6) is 0.292. The third-order valence-corrected chi connectivity index (χ3v) is 21.7. The van der Waals surface area contributed by atoms with Crippen LogP contribution in [-0.2, 0) is 32.7 Å². The average Bonchev–Trinajstić information content (AvgIpc) is 1.21. The molecule has 0 bridgehead atoms. The molecule has 7 atom stereocenters. The first-order chi connectivity index (χ1) is 47.5. The number of rotatable bonds is 48. The predicted molar refractivity (Wildman–Crippen MR) is 399 cm³/mol. The van der Waals surface area contributed by atoms with Crippen molar-refractivity contribution in [2.75, 3.05) is 0 Å². The first-order valence-electron chi connectivity index (χ1n) is 40.1. The van der Waals surface area contributed by atoms with Gasteiger partial charge < -0.3 is 22.8 Å². The van der Waals surface area contributed by atoms with Crippen LogP contribution in [0.1, 0.15) is 338 Å². The molecule has 1 aromatic carbocycles. The summed E-state index contributed by atoms with van der Waals surface area (Å²) in [5.41, 5.74) is 7.48. The zero-order valence-corrected chi connectivity index (χ0v) is 61.1. The molecule has 8 heterocycles. The van der Waals surface area contributed by atoms with Crippen molar-refractivity contribution >= 4 is 0 Å². The van der Waals surface area contributed by atoms with E-state index in [1.54, 1.807) is 0 Å². The van der Waals surface area contributed by atoms with Gasteiger partial charge in [0.05, 0.1) is 0 Å². The highest BCUT2D eigenvalue weighted by molar-refractivity contribution is 5.37. The molecule has 7 unspecified atom stereocenters. The van der Waals surface area contributed by atoms with E-state index in [0.29, 0.717) is 5.92 Å². The van der Waals surface area contributed by atoms with Crippen molar-refractivity contribution in [3.05, 3.63) is 176 Å². The van der Waals surface area contributed by atoms with E-state index in [2.05, 4.69) is 174 Å². The Balaban J connectivity index is 1.21. The summed E-state index contributed by atoms with van der Waals surface area (Å²) in [5, 5.41) is 5.02. The van der Waals surface area contributed by atoms with Gasteiger partial charge in [-0.1, -0.05) is 259 Å². The van der Waals surface area contributed by atoms with Gasteiger partial charge in [-0.2, -0.15) is 0 Å². The van der Waals surface area contributed by atoms with Crippen molar-refractivity contribution < 1.29 is 0 Å². The van der Waals surface area contributed by atoms with Crippen LogP contribution in [0.4, 0.5) is 0 Å². The monoisotopic (exact) mass is 1300 g/mol. The van der Waals surface area contributed by atoms with Crippen LogP contribution >= 0.6 is 0 Å². The van der Waals surface area contributed by atoms with Crippen LogP contribution in [-0.4, -0.2) is 28.9 Å². The average molecular weight is 1300 g/mol. The lowest BCUT2D eigenvalue weighted by Gasteiger charge is -2.31. The lowest BCUT2D eigenvalue weighted by molar-refractivity contribution is 0.435. The number of fused-ring (bicyclic) bond motifs is 6. The molecule has 11 heteroatoms. The number of hydrogen-bond acceptors (Lipinski definition) is 6. The Bertz CT molecular complexity index is 3610. The van der Waals surface area contributed by atoms with Crippen molar-refractivity contribution in [1.82, 2.24) is 22.8 Å². The standard InChI is InChI=1S/C85H127N11/c1-7-13-19-25-31-37-49-67-50-43-51-68(67)74-75(69-52-44-62-92(69)57-38-32-26-20-14-8-2)87-81-80(86-74)82-84(90-77(71-54-46-64-94(71)59-40-34-28-22-16-10-4)76(88-82)70-53-45-63-93(70)58-39-33-27-21-15-9-3)85-83(81)89-78(72-55-47-65-95(72)60-41-35-29-23-17-11-5)79(91-85)73-56-48-66-96(73)61-42-36-30-24-18-12-6/h43-48,50-56,62-67,74-79H,7-42,49,57-61H2,1-6H3. The Hall–Kier alpha value is -6.10. The number of benzene rings is 1. The third kappa shape index (κ3) is 19.2. The number of unbranched alkanes of at least 4 members (excludes halogenated alkanes) is 30. The molecule has 4 aliphatic rings.